The number of H-pyrrole nitrogens is 1. The Morgan fingerprint density at radius 2 is 1.44 bits per heavy atom. The molecule has 1 heterocycles. The third-order valence-corrected chi connectivity index (χ3v) is 5.76. The van der Waals surface area contributed by atoms with Gasteiger partial charge in [0, 0.05) is 44.9 Å². The highest BCUT2D eigenvalue weighted by molar-refractivity contribution is 5.83. The van der Waals surface area contributed by atoms with Crippen molar-refractivity contribution in [2.45, 2.75) is 45.1 Å². The number of aryl methyl sites for hydroxylation is 1. The maximum atomic E-state index is 12.1. The van der Waals surface area contributed by atoms with E-state index in [1.165, 1.54) is 6.92 Å². The van der Waals surface area contributed by atoms with Crippen molar-refractivity contribution in [2.75, 3.05) is 79.0 Å². The van der Waals surface area contributed by atoms with E-state index >= 15 is 0 Å². The highest BCUT2D eigenvalue weighted by Crippen LogP contribution is 2.02. The fourth-order valence-electron chi connectivity index (χ4n) is 3.50. The molecule has 0 saturated heterocycles. The average molecular weight is 614 g/mol. The molecule has 0 radical (unpaired) electrons. The van der Waals surface area contributed by atoms with Crippen LogP contribution in [0.25, 0.3) is 0 Å². The van der Waals surface area contributed by atoms with Gasteiger partial charge in [-0.15, -0.1) is 0 Å². The van der Waals surface area contributed by atoms with Gasteiger partial charge >= 0.3 is 0 Å². The number of carbonyl (C=O) groups excluding carboxylic acids is 5. The molecule has 1 atom stereocenters. The van der Waals surface area contributed by atoms with Crippen molar-refractivity contribution in [3.8, 4) is 0 Å². The second kappa shape index (κ2) is 25.1. The number of aromatic nitrogens is 2. The van der Waals surface area contributed by atoms with E-state index in [-0.39, 0.29) is 69.7 Å². The third kappa shape index (κ3) is 22.8. The number of hydrogen-bond donors (Lipinski definition) is 6. The molecule has 7 N–H and O–H groups in total. The molecule has 0 saturated carbocycles. The van der Waals surface area contributed by atoms with E-state index < -0.39 is 11.9 Å². The lowest BCUT2D eigenvalue weighted by atomic mass is 10.1. The predicted octanol–water partition coefficient (Wildman–Crippen LogP) is -2.04. The first-order valence-corrected chi connectivity index (χ1v) is 14.4. The van der Waals surface area contributed by atoms with Crippen LogP contribution in [-0.4, -0.2) is 124 Å². The molecule has 4 amide bonds. The maximum absolute atomic E-state index is 12.1. The number of ketones is 1. The molecule has 1 aromatic heterocycles. The molecular weight excluding hydrogens is 566 g/mol. The second-order valence-electron chi connectivity index (χ2n) is 9.46. The van der Waals surface area contributed by atoms with Gasteiger partial charge in [0.15, 0.2) is 0 Å². The molecule has 0 bridgehead atoms. The van der Waals surface area contributed by atoms with Crippen LogP contribution in [-0.2, 0) is 49.3 Å². The lowest BCUT2D eigenvalue weighted by Crippen LogP contribution is -2.43. The number of nitrogens with one attached hydrogen (secondary N) is 5. The molecule has 16 nitrogen and oxygen atoms in total. The highest BCUT2D eigenvalue weighted by Gasteiger charge is 2.16. The van der Waals surface area contributed by atoms with Gasteiger partial charge in [-0.1, -0.05) is 0 Å². The number of imidazole rings is 1. The summed E-state index contributed by atoms with van der Waals surface area (Å²) in [5, 5.41) is 10.9. The molecule has 0 fully saturated rings. The van der Waals surface area contributed by atoms with Gasteiger partial charge in [-0.25, -0.2) is 4.98 Å². The number of ether oxygens (including phenoxy) is 4. The first-order valence-electron chi connectivity index (χ1n) is 14.4. The third-order valence-electron chi connectivity index (χ3n) is 5.76. The number of rotatable bonds is 28. The van der Waals surface area contributed by atoms with E-state index in [1.807, 2.05) is 0 Å². The van der Waals surface area contributed by atoms with Crippen LogP contribution in [0.4, 0.5) is 0 Å². The summed E-state index contributed by atoms with van der Waals surface area (Å²) in [6, 6.07) is -0.615. The number of nitrogens with zero attached hydrogens (tertiary/aromatic N) is 1. The summed E-state index contributed by atoms with van der Waals surface area (Å²) in [5.74, 6) is -1.21. The number of hydrogen-bond acceptors (Lipinski definition) is 11. The zero-order valence-electron chi connectivity index (χ0n) is 25.0. The zero-order valence-corrected chi connectivity index (χ0v) is 25.0. The minimum atomic E-state index is -0.615. The Morgan fingerprint density at radius 1 is 0.837 bits per heavy atom. The van der Waals surface area contributed by atoms with Gasteiger partial charge in [0.05, 0.1) is 58.6 Å². The highest BCUT2D eigenvalue weighted by atomic mass is 16.5. The van der Waals surface area contributed by atoms with Crippen molar-refractivity contribution in [3.63, 3.8) is 0 Å². The van der Waals surface area contributed by atoms with Crippen LogP contribution in [0, 0.1) is 0 Å². The van der Waals surface area contributed by atoms with Crippen molar-refractivity contribution >= 4 is 29.4 Å². The van der Waals surface area contributed by atoms with Crippen molar-refractivity contribution in [1.29, 1.82) is 0 Å². The summed E-state index contributed by atoms with van der Waals surface area (Å²) in [6.07, 6.45) is 5.83. The Hall–Kier alpha value is -3.44. The summed E-state index contributed by atoms with van der Waals surface area (Å²) < 4.78 is 21.1. The fourth-order valence-corrected chi connectivity index (χ4v) is 3.50. The molecule has 0 unspecified atom stereocenters. The van der Waals surface area contributed by atoms with Gasteiger partial charge in [-0.05, 0) is 25.7 Å². The lowest BCUT2D eigenvalue weighted by molar-refractivity contribution is -0.127. The van der Waals surface area contributed by atoms with Crippen molar-refractivity contribution < 1.29 is 42.9 Å². The molecular formula is C27H47N7O9. The number of aromatic amines is 1. The van der Waals surface area contributed by atoms with E-state index in [4.69, 9.17) is 24.7 Å². The summed E-state index contributed by atoms with van der Waals surface area (Å²) >= 11 is 0. The molecule has 244 valence electrons. The van der Waals surface area contributed by atoms with Crippen molar-refractivity contribution in [2.24, 2.45) is 5.73 Å². The van der Waals surface area contributed by atoms with Gasteiger partial charge in [0.25, 0.3) is 0 Å². The number of nitrogens with two attached hydrogens (primary N) is 1. The van der Waals surface area contributed by atoms with Crippen LogP contribution in [0.2, 0.25) is 0 Å². The number of carbonyl (C=O) groups is 5. The summed E-state index contributed by atoms with van der Waals surface area (Å²) in [7, 11) is 0. The SMILES string of the molecule is CC(=O)NCCOCCOCC(=O)NCCOCCOCC(=O)NCCCC[C@H](NCC(=O)CCc1cnc[nH]1)C(N)=O. The molecule has 43 heavy (non-hydrogen) atoms. The second-order valence-corrected chi connectivity index (χ2v) is 9.46. The summed E-state index contributed by atoms with van der Waals surface area (Å²) in [4.78, 5) is 64.8. The van der Waals surface area contributed by atoms with E-state index in [1.54, 1.807) is 12.5 Å². The Kier molecular flexibility index (Phi) is 21.9. The van der Waals surface area contributed by atoms with E-state index in [0.29, 0.717) is 65.0 Å². The van der Waals surface area contributed by atoms with Crippen LogP contribution in [0.15, 0.2) is 12.5 Å². The first-order chi connectivity index (χ1) is 20.8. The van der Waals surface area contributed by atoms with Crippen LogP contribution in [0.3, 0.4) is 0 Å². The number of Topliss-reactive ketones (excluding diaryl/α,β-unsaturated/α-hetero) is 1. The fraction of sp³-hybridized carbons (Fsp3) is 0.704. The van der Waals surface area contributed by atoms with E-state index in [2.05, 4.69) is 31.2 Å². The molecule has 0 aromatic carbocycles. The van der Waals surface area contributed by atoms with Gasteiger partial charge in [0.2, 0.25) is 23.6 Å². The van der Waals surface area contributed by atoms with Gasteiger partial charge in [-0.3, -0.25) is 29.3 Å². The molecule has 1 aromatic rings. The average Bonchev–Trinajstić information content (AvgIpc) is 3.49. The van der Waals surface area contributed by atoms with Crippen molar-refractivity contribution in [3.05, 3.63) is 18.2 Å². The Bertz CT molecular complexity index is 932. The molecule has 0 spiro atoms. The summed E-state index contributed by atoms with van der Waals surface area (Å²) in [5.41, 5.74) is 6.32. The maximum Gasteiger partial charge on any atom is 0.246 e. The monoisotopic (exact) mass is 613 g/mol. The zero-order chi connectivity index (χ0) is 31.5. The number of amides is 4. The molecule has 0 aliphatic heterocycles. The number of primary amides is 1. The Morgan fingerprint density at radius 3 is 2.02 bits per heavy atom. The van der Waals surface area contributed by atoms with Gasteiger partial charge in [-0.2, -0.15) is 0 Å². The normalized spacial score (nSPS) is 11.6. The Balaban J connectivity index is 1.91. The van der Waals surface area contributed by atoms with Gasteiger partial charge < -0.3 is 45.6 Å². The van der Waals surface area contributed by atoms with E-state index in [9.17, 15) is 24.0 Å². The van der Waals surface area contributed by atoms with Crippen molar-refractivity contribution in [1.82, 2.24) is 31.2 Å². The summed E-state index contributed by atoms with van der Waals surface area (Å²) in [6.45, 7) is 4.18. The minimum Gasteiger partial charge on any atom is -0.377 e. The Labute approximate surface area is 251 Å². The number of unbranched alkanes of at least 4 members (excludes halogenated alkanes) is 1. The molecule has 0 aliphatic carbocycles. The van der Waals surface area contributed by atoms with Crippen LogP contribution < -0.4 is 27.0 Å². The smallest absolute Gasteiger partial charge is 0.246 e. The van der Waals surface area contributed by atoms with Crippen LogP contribution >= 0.6 is 0 Å². The lowest BCUT2D eigenvalue weighted by Gasteiger charge is -2.15. The topological polar surface area (TPSA) is 225 Å². The van der Waals surface area contributed by atoms with Crippen LogP contribution in [0.5, 0.6) is 0 Å². The quantitative estimate of drug-likeness (QED) is 0.0565. The molecule has 16 heteroatoms. The largest absolute Gasteiger partial charge is 0.377 e. The van der Waals surface area contributed by atoms with Crippen LogP contribution in [0.1, 0.15) is 38.3 Å². The predicted molar refractivity (Wildman–Crippen MR) is 155 cm³/mol. The first kappa shape index (κ1) is 37.6. The minimum absolute atomic E-state index is 0.0255. The molecule has 0 aliphatic rings. The standard InChI is InChI=1S/C27H47N7O9/c1-21(35)30-8-10-40-12-14-43-19-26(38)32-9-11-41-13-15-42-18-25(37)31-7-3-2-4-24(27(28)39)33-17-23(36)6-5-22-16-29-20-34-22/h16,20,24,33H,2-15,17-19H2,1H3,(H2,28,39)(H,29,34)(H,30,35)(H,31,37)(H,32,38)/t24-/m0/s1. The van der Waals surface area contributed by atoms with E-state index in [0.717, 1.165) is 5.69 Å². The molecule has 1 rings (SSSR count). The van der Waals surface area contributed by atoms with Gasteiger partial charge in [0.1, 0.15) is 19.0 Å².